The first-order chi connectivity index (χ1) is 6.00. The zero-order chi connectivity index (χ0) is 9.90. The minimum atomic E-state index is -1.35. The number of ether oxygens (including phenoxy) is 1. The smallest absolute Gasteiger partial charge is 0.337 e. The summed E-state index contributed by atoms with van der Waals surface area (Å²) in [6.45, 7) is 2.91. The number of aliphatic hydroxyl groups is 1. The van der Waals surface area contributed by atoms with Crippen molar-refractivity contribution < 1.29 is 14.6 Å². The van der Waals surface area contributed by atoms with Crippen molar-refractivity contribution in [2.75, 3.05) is 0 Å². The van der Waals surface area contributed by atoms with Crippen LogP contribution in [0.15, 0.2) is 0 Å². The van der Waals surface area contributed by atoms with Gasteiger partial charge in [0.05, 0.1) is 0 Å². The van der Waals surface area contributed by atoms with Gasteiger partial charge in [-0.3, -0.25) is 0 Å². The van der Waals surface area contributed by atoms with Crippen LogP contribution in [-0.2, 0) is 9.53 Å². The number of carbonyl (C=O) groups is 1. The van der Waals surface area contributed by atoms with E-state index < -0.39 is 11.6 Å². The van der Waals surface area contributed by atoms with Gasteiger partial charge in [-0.1, -0.05) is 6.42 Å². The lowest BCUT2D eigenvalue weighted by Crippen LogP contribution is -2.36. The lowest BCUT2D eigenvalue weighted by Gasteiger charge is -2.25. The van der Waals surface area contributed by atoms with E-state index in [4.69, 9.17) is 4.74 Å². The highest BCUT2D eigenvalue weighted by molar-refractivity contribution is 5.78. The third-order valence-electron chi connectivity index (χ3n) is 2.33. The van der Waals surface area contributed by atoms with Crippen molar-refractivity contribution in [3.63, 3.8) is 0 Å². The second-order valence-corrected chi connectivity index (χ2v) is 4.22. The zero-order valence-corrected chi connectivity index (χ0v) is 8.38. The van der Waals surface area contributed by atoms with Crippen molar-refractivity contribution in [3.8, 4) is 0 Å². The maximum atomic E-state index is 11.3. The molecule has 0 unspecified atom stereocenters. The van der Waals surface area contributed by atoms with Crippen LogP contribution in [0.2, 0.25) is 0 Å². The first-order valence-electron chi connectivity index (χ1n) is 4.93. The minimum absolute atomic E-state index is 0.0349. The van der Waals surface area contributed by atoms with E-state index in [1.165, 1.54) is 20.3 Å². The summed E-state index contributed by atoms with van der Waals surface area (Å²) in [6, 6.07) is 0. The van der Waals surface area contributed by atoms with Crippen molar-refractivity contribution >= 4 is 5.97 Å². The fourth-order valence-corrected chi connectivity index (χ4v) is 1.48. The van der Waals surface area contributed by atoms with Crippen molar-refractivity contribution in [3.05, 3.63) is 0 Å². The molecule has 1 saturated carbocycles. The van der Waals surface area contributed by atoms with E-state index in [0.29, 0.717) is 0 Å². The molecule has 0 heterocycles. The first-order valence-corrected chi connectivity index (χ1v) is 4.93. The Hall–Kier alpha value is -0.570. The maximum Gasteiger partial charge on any atom is 0.337 e. The van der Waals surface area contributed by atoms with Crippen LogP contribution in [0.4, 0.5) is 0 Å². The molecular formula is C10H18O3. The third kappa shape index (κ3) is 3.35. The molecule has 1 aliphatic carbocycles. The molecule has 1 fully saturated rings. The fraction of sp³-hybridized carbons (Fsp3) is 0.900. The van der Waals surface area contributed by atoms with Gasteiger partial charge >= 0.3 is 5.97 Å². The molecule has 0 atom stereocenters. The number of carbonyl (C=O) groups excluding carboxylic acids is 1. The van der Waals surface area contributed by atoms with Gasteiger partial charge < -0.3 is 9.84 Å². The van der Waals surface area contributed by atoms with E-state index in [-0.39, 0.29) is 6.10 Å². The zero-order valence-electron chi connectivity index (χ0n) is 8.38. The number of hydrogen-bond acceptors (Lipinski definition) is 3. The normalized spacial score (nSPS) is 19.9. The summed E-state index contributed by atoms with van der Waals surface area (Å²) in [5, 5.41) is 9.34. The predicted molar refractivity (Wildman–Crippen MR) is 49.3 cm³/mol. The molecule has 0 spiro atoms. The van der Waals surface area contributed by atoms with Crippen molar-refractivity contribution in [2.24, 2.45) is 0 Å². The number of rotatable bonds is 2. The Balaban J connectivity index is 2.35. The van der Waals surface area contributed by atoms with E-state index in [9.17, 15) is 9.90 Å². The summed E-state index contributed by atoms with van der Waals surface area (Å²) in [4.78, 5) is 11.3. The molecule has 1 N–H and O–H groups in total. The summed E-state index contributed by atoms with van der Waals surface area (Å²) in [5.74, 6) is -0.501. The molecule has 1 rings (SSSR count). The molecule has 3 nitrogen and oxygen atoms in total. The molecule has 0 saturated heterocycles. The molecule has 0 amide bonds. The number of esters is 1. The predicted octanol–water partition coefficient (Wildman–Crippen LogP) is 1.63. The Labute approximate surface area is 79.1 Å². The molecule has 0 radical (unpaired) electrons. The van der Waals surface area contributed by atoms with Gasteiger partial charge in [0.1, 0.15) is 6.10 Å². The van der Waals surface area contributed by atoms with Crippen molar-refractivity contribution in [1.29, 1.82) is 0 Å². The Morgan fingerprint density at radius 1 is 1.31 bits per heavy atom. The average molecular weight is 186 g/mol. The van der Waals surface area contributed by atoms with Gasteiger partial charge in [-0.15, -0.1) is 0 Å². The van der Waals surface area contributed by atoms with Crippen LogP contribution in [0.3, 0.4) is 0 Å². The fourth-order valence-electron chi connectivity index (χ4n) is 1.48. The second kappa shape index (κ2) is 4.09. The highest BCUT2D eigenvalue weighted by Gasteiger charge is 2.28. The van der Waals surface area contributed by atoms with Gasteiger partial charge in [0.15, 0.2) is 5.60 Å². The largest absolute Gasteiger partial charge is 0.460 e. The summed E-state index contributed by atoms with van der Waals surface area (Å²) in [7, 11) is 0. The molecule has 76 valence electrons. The van der Waals surface area contributed by atoms with Crippen LogP contribution in [0, 0.1) is 0 Å². The summed E-state index contributed by atoms with van der Waals surface area (Å²) in [6.07, 6.45) is 5.42. The van der Waals surface area contributed by atoms with E-state index in [2.05, 4.69) is 0 Å². The van der Waals surface area contributed by atoms with E-state index in [1.54, 1.807) is 0 Å². The summed E-state index contributed by atoms with van der Waals surface area (Å²) >= 11 is 0. The van der Waals surface area contributed by atoms with Gasteiger partial charge in [-0.25, -0.2) is 4.79 Å². The van der Waals surface area contributed by atoms with Gasteiger partial charge in [0, 0.05) is 0 Å². The molecule has 0 aromatic heterocycles. The first kappa shape index (κ1) is 10.5. The minimum Gasteiger partial charge on any atom is -0.460 e. The summed E-state index contributed by atoms with van der Waals surface area (Å²) < 4.78 is 5.17. The van der Waals surface area contributed by atoms with Gasteiger partial charge in [-0.2, -0.15) is 0 Å². The quantitative estimate of drug-likeness (QED) is 0.667. The molecule has 0 bridgehead atoms. The van der Waals surface area contributed by atoms with E-state index in [1.807, 2.05) is 0 Å². The Morgan fingerprint density at radius 3 is 2.31 bits per heavy atom. The maximum absolute atomic E-state index is 11.3. The lowest BCUT2D eigenvalue weighted by atomic mass is 9.97. The van der Waals surface area contributed by atoms with Crippen molar-refractivity contribution in [2.45, 2.75) is 57.7 Å². The topological polar surface area (TPSA) is 46.5 Å². The molecule has 0 aromatic rings. The second-order valence-electron chi connectivity index (χ2n) is 4.22. The van der Waals surface area contributed by atoms with E-state index >= 15 is 0 Å². The van der Waals surface area contributed by atoms with Crippen LogP contribution in [0.1, 0.15) is 46.0 Å². The van der Waals surface area contributed by atoms with Gasteiger partial charge in [0.25, 0.3) is 0 Å². The Morgan fingerprint density at radius 2 is 1.85 bits per heavy atom. The highest BCUT2D eigenvalue weighted by Crippen LogP contribution is 2.21. The molecule has 1 aliphatic rings. The van der Waals surface area contributed by atoms with Crippen LogP contribution < -0.4 is 0 Å². The highest BCUT2D eigenvalue weighted by atomic mass is 16.6. The summed E-state index contributed by atoms with van der Waals surface area (Å²) in [5.41, 5.74) is -1.35. The SMILES string of the molecule is CC(C)(O)C(=O)OC1CCCCC1. The van der Waals surface area contributed by atoms with E-state index in [0.717, 1.165) is 25.7 Å². The monoisotopic (exact) mass is 186 g/mol. The Bertz CT molecular complexity index is 175. The standard InChI is InChI=1S/C10H18O3/c1-10(2,12)9(11)13-8-6-4-3-5-7-8/h8,12H,3-7H2,1-2H3. The van der Waals surface area contributed by atoms with Crippen LogP contribution in [0.5, 0.6) is 0 Å². The average Bonchev–Trinajstić information content (AvgIpc) is 2.04. The lowest BCUT2D eigenvalue weighted by molar-refractivity contribution is -0.168. The van der Waals surface area contributed by atoms with Gasteiger partial charge in [-0.05, 0) is 39.5 Å². The van der Waals surface area contributed by atoms with Crippen LogP contribution in [0.25, 0.3) is 0 Å². The molecular weight excluding hydrogens is 168 g/mol. The van der Waals surface area contributed by atoms with Crippen LogP contribution >= 0.6 is 0 Å². The molecule has 0 aromatic carbocycles. The Kier molecular flexibility index (Phi) is 3.31. The van der Waals surface area contributed by atoms with Crippen molar-refractivity contribution in [1.82, 2.24) is 0 Å². The molecule has 0 aliphatic heterocycles. The van der Waals surface area contributed by atoms with Gasteiger partial charge in [0.2, 0.25) is 0 Å². The third-order valence-corrected chi connectivity index (χ3v) is 2.33. The molecule has 13 heavy (non-hydrogen) atoms. The van der Waals surface area contributed by atoms with Crippen LogP contribution in [-0.4, -0.2) is 22.8 Å². The number of hydrogen-bond donors (Lipinski definition) is 1. The molecule has 3 heteroatoms.